The maximum atomic E-state index is 13.4. The van der Waals surface area contributed by atoms with Crippen LogP contribution in [0.2, 0.25) is 0 Å². The minimum absolute atomic E-state index is 0.209. The monoisotopic (exact) mass is 446 g/mol. The highest BCUT2D eigenvalue weighted by atomic mass is 16.2. The SMILES string of the molecule is CCCCC1=NC2(CCCC2)C(=O)N1Cc1ccc(-c2ccccc2CN=NNNC)cc1. The summed E-state index contributed by atoms with van der Waals surface area (Å²) in [6.07, 6.45) is 7.05. The molecule has 7 nitrogen and oxygen atoms in total. The molecule has 1 spiro atoms. The zero-order valence-electron chi connectivity index (χ0n) is 19.7. The molecule has 2 N–H and O–H groups in total. The predicted molar refractivity (Wildman–Crippen MR) is 131 cm³/mol. The summed E-state index contributed by atoms with van der Waals surface area (Å²) in [5.74, 6) is 1.19. The molecular formula is C26H34N6O. The molecule has 0 bridgehead atoms. The number of benzene rings is 2. The topological polar surface area (TPSA) is 81.5 Å². The summed E-state index contributed by atoms with van der Waals surface area (Å²) in [5, 5.41) is 8.05. The van der Waals surface area contributed by atoms with Crippen LogP contribution in [0.5, 0.6) is 0 Å². The van der Waals surface area contributed by atoms with Crippen LogP contribution in [0.4, 0.5) is 0 Å². The van der Waals surface area contributed by atoms with Crippen LogP contribution in [-0.4, -0.2) is 29.2 Å². The Morgan fingerprint density at radius 2 is 1.85 bits per heavy atom. The Bertz CT molecular complexity index is 1010. The Morgan fingerprint density at radius 3 is 2.58 bits per heavy atom. The van der Waals surface area contributed by atoms with Gasteiger partial charge in [-0.25, -0.2) is 11.0 Å². The third-order valence-electron chi connectivity index (χ3n) is 6.58. The minimum Gasteiger partial charge on any atom is -0.294 e. The van der Waals surface area contributed by atoms with E-state index in [2.05, 4.69) is 64.6 Å². The molecule has 2 aromatic carbocycles. The van der Waals surface area contributed by atoms with Crippen molar-refractivity contribution in [3.63, 3.8) is 0 Å². The summed E-state index contributed by atoms with van der Waals surface area (Å²) in [6, 6.07) is 16.7. The number of amides is 1. The van der Waals surface area contributed by atoms with E-state index in [1.54, 1.807) is 7.05 Å². The molecule has 1 aliphatic carbocycles. The molecule has 0 aromatic heterocycles. The van der Waals surface area contributed by atoms with Crippen LogP contribution in [0.25, 0.3) is 11.1 Å². The zero-order chi connectivity index (χ0) is 23.1. The number of carbonyl (C=O) groups excluding carboxylic acids is 1. The second kappa shape index (κ2) is 10.7. The third kappa shape index (κ3) is 5.14. The normalized spacial score (nSPS) is 17.3. The van der Waals surface area contributed by atoms with Crippen molar-refractivity contribution in [1.29, 1.82) is 0 Å². The Hall–Kier alpha value is -3.06. The lowest BCUT2D eigenvalue weighted by Crippen LogP contribution is -2.40. The first-order valence-corrected chi connectivity index (χ1v) is 12.0. The molecule has 1 saturated carbocycles. The molecule has 1 amide bonds. The number of hydrogen-bond donors (Lipinski definition) is 2. The maximum Gasteiger partial charge on any atom is 0.256 e. The van der Waals surface area contributed by atoms with Gasteiger partial charge in [-0.2, -0.15) is 5.11 Å². The molecule has 174 valence electrons. The Morgan fingerprint density at radius 1 is 1.09 bits per heavy atom. The predicted octanol–water partition coefficient (Wildman–Crippen LogP) is 5.19. The van der Waals surface area contributed by atoms with Gasteiger partial charge >= 0.3 is 0 Å². The summed E-state index contributed by atoms with van der Waals surface area (Å²) in [7, 11) is 1.75. The fourth-order valence-corrected chi connectivity index (χ4v) is 4.81. The Labute approximate surface area is 196 Å². The fourth-order valence-electron chi connectivity index (χ4n) is 4.81. The molecule has 7 heteroatoms. The number of unbranched alkanes of at least 4 members (excludes halogenated alkanes) is 1. The number of nitrogens with one attached hydrogen (secondary N) is 2. The van der Waals surface area contributed by atoms with Crippen molar-refractivity contribution in [3.05, 3.63) is 59.7 Å². The minimum atomic E-state index is -0.474. The van der Waals surface area contributed by atoms with Crippen LogP contribution in [-0.2, 0) is 17.9 Å². The molecule has 4 rings (SSSR count). The van der Waals surface area contributed by atoms with Crippen LogP contribution in [0, 0.1) is 0 Å². The number of rotatable bonds is 10. The summed E-state index contributed by atoms with van der Waals surface area (Å²) < 4.78 is 0. The van der Waals surface area contributed by atoms with Gasteiger partial charge in [0.05, 0.1) is 13.1 Å². The molecule has 1 heterocycles. The second-order valence-corrected chi connectivity index (χ2v) is 8.88. The Kier molecular flexibility index (Phi) is 7.50. The summed E-state index contributed by atoms with van der Waals surface area (Å²) in [5.41, 5.74) is 9.38. The van der Waals surface area contributed by atoms with E-state index >= 15 is 0 Å². The molecule has 2 aliphatic rings. The number of amidine groups is 1. The van der Waals surface area contributed by atoms with E-state index in [4.69, 9.17) is 4.99 Å². The van der Waals surface area contributed by atoms with Crippen molar-refractivity contribution in [3.8, 4) is 11.1 Å². The van der Waals surface area contributed by atoms with Gasteiger partial charge in [-0.15, -0.1) is 0 Å². The number of carbonyl (C=O) groups is 1. The van der Waals surface area contributed by atoms with Gasteiger partial charge in [0.1, 0.15) is 11.4 Å². The van der Waals surface area contributed by atoms with E-state index in [0.717, 1.165) is 73.0 Å². The van der Waals surface area contributed by atoms with Crippen LogP contribution in [0.1, 0.15) is 63.0 Å². The summed E-state index contributed by atoms with van der Waals surface area (Å²) >= 11 is 0. The van der Waals surface area contributed by atoms with Crippen molar-refractivity contribution in [2.24, 2.45) is 15.3 Å². The van der Waals surface area contributed by atoms with E-state index < -0.39 is 5.54 Å². The number of aliphatic imine (C=N–C) groups is 1. The van der Waals surface area contributed by atoms with Gasteiger partial charge in [0.25, 0.3) is 5.91 Å². The first kappa shape index (κ1) is 23.1. The van der Waals surface area contributed by atoms with Crippen molar-refractivity contribution in [2.75, 3.05) is 7.05 Å². The van der Waals surface area contributed by atoms with Gasteiger partial charge in [-0.05, 0) is 41.5 Å². The van der Waals surface area contributed by atoms with Gasteiger partial charge < -0.3 is 0 Å². The molecule has 1 aliphatic heterocycles. The summed E-state index contributed by atoms with van der Waals surface area (Å²) in [4.78, 5) is 20.3. The first-order chi connectivity index (χ1) is 16.2. The second-order valence-electron chi connectivity index (χ2n) is 8.88. The van der Waals surface area contributed by atoms with Gasteiger partial charge in [-0.3, -0.25) is 14.7 Å². The fraction of sp³-hybridized carbons (Fsp3) is 0.462. The average Bonchev–Trinajstić information content (AvgIpc) is 3.42. The highest BCUT2D eigenvalue weighted by Gasteiger charge is 2.49. The molecule has 0 atom stereocenters. The van der Waals surface area contributed by atoms with Crippen molar-refractivity contribution in [1.82, 2.24) is 15.9 Å². The van der Waals surface area contributed by atoms with E-state index in [9.17, 15) is 4.79 Å². The maximum absolute atomic E-state index is 13.4. The lowest BCUT2D eigenvalue weighted by Gasteiger charge is -2.23. The smallest absolute Gasteiger partial charge is 0.256 e. The highest BCUT2D eigenvalue weighted by molar-refractivity contribution is 6.08. The number of hydrazine groups is 1. The molecule has 0 unspecified atom stereocenters. The zero-order valence-corrected chi connectivity index (χ0v) is 19.7. The van der Waals surface area contributed by atoms with Crippen LogP contribution in [0.15, 0.2) is 63.9 Å². The summed E-state index contributed by atoms with van der Waals surface area (Å²) in [6.45, 7) is 3.27. The third-order valence-corrected chi connectivity index (χ3v) is 6.58. The van der Waals surface area contributed by atoms with E-state index in [-0.39, 0.29) is 5.91 Å². The number of hydrogen-bond acceptors (Lipinski definition) is 5. The van der Waals surface area contributed by atoms with Crippen LogP contribution >= 0.6 is 0 Å². The van der Waals surface area contributed by atoms with Gasteiger partial charge in [0.15, 0.2) is 0 Å². The molecular weight excluding hydrogens is 412 g/mol. The van der Waals surface area contributed by atoms with Gasteiger partial charge in [-0.1, -0.05) is 79.9 Å². The van der Waals surface area contributed by atoms with Gasteiger partial charge in [0.2, 0.25) is 0 Å². The first-order valence-electron chi connectivity index (χ1n) is 12.0. The largest absolute Gasteiger partial charge is 0.294 e. The highest BCUT2D eigenvalue weighted by Crippen LogP contribution is 2.40. The van der Waals surface area contributed by atoms with Crippen molar-refractivity contribution >= 4 is 11.7 Å². The lowest BCUT2D eigenvalue weighted by molar-refractivity contribution is -0.131. The van der Waals surface area contributed by atoms with Crippen molar-refractivity contribution in [2.45, 2.75) is 70.5 Å². The van der Waals surface area contributed by atoms with Crippen molar-refractivity contribution < 1.29 is 4.79 Å². The lowest BCUT2D eigenvalue weighted by atomic mass is 9.97. The van der Waals surface area contributed by atoms with Crippen LogP contribution < -0.4 is 11.0 Å². The molecule has 0 radical (unpaired) electrons. The molecule has 1 fully saturated rings. The number of nitrogens with zero attached hydrogens (tertiary/aromatic N) is 4. The molecule has 0 saturated heterocycles. The van der Waals surface area contributed by atoms with Gasteiger partial charge in [0, 0.05) is 13.5 Å². The molecule has 33 heavy (non-hydrogen) atoms. The van der Waals surface area contributed by atoms with E-state index in [1.165, 1.54) is 0 Å². The Balaban J connectivity index is 1.50. The quantitative estimate of drug-likeness (QED) is 0.389. The standard InChI is InChI=1S/C26H34N6O/c1-3-4-11-24-29-26(16-7-8-17-26)25(33)32(24)19-20-12-14-21(15-13-20)23-10-6-5-9-22(23)18-28-31-30-27-2/h5-6,9-10,12-15H,3-4,7-8,11,16-19H2,1-2H3,(H,27,31)(H,28,30). The molecule has 2 aromatic rings. The van der Waals surface area contributed by atoms with Crippen LogP contribution in [0.3, 0.4) is 0 Å². The average molecular weight is 447 g/mol. The van der Waals surface area contributed by atoms with E-state index in [1.807, 2.05) is 17.0 Å². The van der Waals surface area contributed by atoms with E-state index in [0.29, 0.717) is 13.1 Å².